The summed E-state index contributed by atoms with van der Waals surface area (Å²) in [4.78, 5) is 13.0. The Labute approximate surface area is 198 Å². The fraction of sp³-hybridized carbons (Fsp3) is 0.500. The molecule has 34 heavy (non-hydrogen) atoms. The van der Waals surface area contributed by atoms with Gasteiger partial charge in [0.1, 0.15) is 23.7 Å². The highest BCUT2D eigenvalue weighted by Gasteiger charge is 2.30. The van der Waals surface area contributed by atoms with Crippen molar-refractivity contribution in [3.63, 3.8) is 0 Å². The molecule has 0 fully saturated rings. The molecule has 3 rings (SSSR count). The van der Waals surface area contributed by atoms with Crippen LogP contribution in [-0.4, -0.2) is 24.8 Å². The standard InChI is InChI=1S/C26H32F2O6/c1-14(2)8-9-32-21-12-16(25(27)28)11-17-13-33-26(30)22-20(34-23(17)21)7-6-18(24(22)31-5)19(29)10-15(3)4/h6-7,11-12,14-15,19,25,29H,8-10,13H2,1-5H3/t19-/m0/s1. The SMILES string of the molecule is COc1c([C@@H](O)CC(C)C)ccc2c1C(=O)OCc1cc(C(F)F)cc(OCCC(C)C)c1O2. The number of ether oxygens (including phenoxy) is 4. The number of hydrogen-bond donors (Lipinski definition) is 1. The summed E-state index contributed by atoms with van der Waals surface area (Å²) in [6, 6.07) is 5.69. The van der Waals surface area contributed by atoms with Crippen molar-refractivity contribution in [2.75, 3.05) is 13.7 Å². The largest absolute Gasteiger partial charge is 0.495 e. The molecule has 1 heterocycles. The average molecular weight is 479 g/mol. The maximum atomic E-state index is 13.5. The number of halogens is 2. The molecule has 0 aromatic heterocycles. The summed E-state index contributed by atoms with van der Waals surface area (Å²) in [6.07, 6.45) is -2.38. The Balaban J connectivity index is 2.09. The number of methoxy groups -OCH3 is 1. The number of aliphatic hydroxyl groups is 1. The second kappa shape index (κ2) is 11.0. The van der Waals surface area contributed by atoms with Crippen LogP contribution in [0.5, 0.6) is 23.0 Å². The lowest BCUT2D eigenvalue weighted by Gasteiger charge is -2.24. The molecule has 186 valence electrons. The Kier molecular flexibility index (Phi) is 8.36. The number of rotatable bonds is 9. The first kappa shape index (κ1) is 25.7. The Morgan fingerprint density at radius 2 is 1.85 bits per heavy atom. The van der Waals surface area contributed by atoms with Crippen LogP contribution in [0.2, 0.25) is 0 Å². The number of hydrogen-bond acceptors (Lipinski definition) is 6. The number of aliphatic hydroxyl groups excluding tert-OH is 1. The molecule has 0 aliphatic carbocycles. The third-order valence-electron chi connectivity index (χ3n) is 5.54. The van der Waals surface area contributed by atoms with Crippen molar-refractivity contribution in [3.8, 4) is 23.0 Å². The number of benzene rings is 2. The molecule has 2 aromatic carbocycles. The molecule has 0 saturated carbocycles. The summed E-state index contributed by atoms with van der Waals surface area (Å²) in [6.45, 7) is 8.06. The Bertz CT molecular complexity index is 1020. The highest BCUT2D eigenvalue weighted by atomic mass is 19.3. The lowest BCUT2D eigenvalue weighted by atomic mass is 9.96. The van der Waals surface area contributed by atoms with Gasteiger partial charge in [-0.15, -0.1) is 0 Å². The fourth-order valence-corrected chi connectivity index (χ4v) is 3.78. The Morgan fingerprint density at radius 1 is 1.12 bits per heavy atom. The van der Waals surface area contributed by atoms with Gasteiger partial charge in [0, 0.05) is 16.7 Å². The van der Waals surface area contributed by atoms with Crippen LogP contribution < -0.4 is 14.2 Å². The van der Waals surface area contributed by atoms with Gasteiger partial charge in [-0.3, -0.25) is 0 Å². The van der Waals surface area contributed by atoms with Crippen LogP contribution in [0.3, 0.4) is 0 Å². The number of carbonyl (C=O) groups is 1. The number of fused-ring (bicyclic) bond motifs is 2. The molecular formula is C26H32F2O6. The van der Waals surface area contributed by atoms with Crippen LogP contribution in [-0.2, 0) is 11.3 Å². The molecule has 0 unspecified atom stereocenters. The monoisotopic (exact) mass is 478 g/mol. The highest BCUT2D eigenvalue weighted by Crippen LogP contribution is 2.45. The van der Waals surface area contributed by atoms with Crippen molar-refractivity contribution >= 4 is 5.97 Å². The van der Waals surface area contributed by atoms with E-state index in [1.165, 1.54) is 19.2 Å². The molecule has 1 aliphatic rings. The summed E-state index contributed by atoms with van der Waals surface area (Å²) in [5.74, 6) is 0.488. The minimum absolute atomic E-state index is 0.0273. The van der Waals surface area contributed by atoms with Gasteiger partial charge in [-0.25, -0.2) is 13.6 Å². The van der Waals surface area contributed by atoms with Crippen LogP contribution in [0, 0.1) is 11.8 Å². The van der Waals surface area contributed by atoms with Crippen LogP contribution in [0.4, 0.5) is 8.78 Å². The van der Waals surface area contributed by atoms with Gasteiger partial charge < -0.3 is 24.1 Å². The van der Waals surface area contributed by atoms with Gasteiger partial charge in [0.25, 0.3) is 6.43 Å². The molecule has 6 nitrogen and oxygen atoms in total. The molecule has 0 amide bonds. The minimum atomic E-state index is -2.73. The van der Waals surface area contributed by atoms with Crippen LogP contribution >= 0.6 is 0 Å². The lowest BCUT2D eigenvalue weighted by Crippen LogP contribution is -2.15. The summed E-state index contributed by atoms with van der Waals surface area (Å²) in [7, 11) is 1.40. The maximum Gasteiger partial charge on any atom is 0.346 e. The predicted molar refractivity (Wildman–Crippen MR) is 123 cm³/mol. The quantitative estimate of drug-likeness (QED) is 0.409. The zero-order valence-electron chi connectivity index (χ0n) is 20.2. The van der Waals surface area contributed by atoms with Crippen molar-refractivity contribution < 1.29 is 37.6 Å². The van der Waals surface area contributed by atoms with Crippen LogP contribution in [0.15, 0.2) is 24.3 Å². The van der Waals surface area contributed by atoms with Crippen LogP contribution in [0.1, 0.15) is 80.1 Å². The van der Waals surface area contributed by atoms with E-state index in [0.29, 0.717) is 24.5 Å². The molecular weight excluding hydrogens is 446 g/mol. The van der Waals surface area contributed by atoms with E-state index < -0.39 is 18.5 Å². The maximum absolute atomic E-state index is 13.5. The second-order valence-corrected chi connectivity index (χ2v) is 9.22. The first-order valence-corrected chi connectivity index (χ1v) is 11.4. The van der Waals surface area contributed by atoms with E-state index >= 15 is 0 Å². The first-order chi connectivity index (χ1) is 16.1. The molecule has 0 radical (unpaired) electrons. The molecule has 8 heteroatoms. The zero-order chi connectivity index (χ0) is 25.0. The van der Waals surface area contributed by atoms with E-state index in [9.17, 15) is 18.7 Å². The third kappa shape index (κ3) is 5.78. The van der Waals surface area contributed by atoms with Gasteiger partial charge in [0.2, 0.25) is 0 Å². The van der Waals surface area contributed by atoms with E-state index in [2.05, 4.69) is 0 Å². The lowest BCUT2D eigenvalue weighted by molar-refractivity contribution is 0.0453. The van der Waals surface area contributed by atoms with Crippen molar-refractivity contribution in [1.82, 2.24) is 0 Å². The zero-order valence-corrected chi connectivity index (χ0v) is 20.2. The van der Waals surface area contributed by atoms with E-state index in [1.54, 1.807) is 12.1 Å². The van der Waals surface area contributed by atoms with E-state index in [4.69, 9.17) is 18.9 Å². The van der Waals surface area contributed by atoms with Gasteiger partial charge in [-0.1, -0.05) is 27.7 Å². The van der Waals surface area contributed by atoms with E-state index in [1.807, 2.05) is 27.7 Å². The molecule has 0 spiro atoms. The number of alkyl halides is 2. The molecule has 0 bridgehead atoms. The van der Waals surface area contributed by atoms with Gasteiger partial charge in [-0.05, 0) is 48.9 Å². The topological polar surface area (TPSA) is 74.2 Å². The van der Waals surface area contributed by atoms with Gasteiger partial charge in [-0.2, -0.15) is 0 Å². The van der Waals surface area contributed by atoms with Gasteiger partial charge in [0.05, 0.1) is 19.8 Å². The summed E-state index contributed by atoms with van der Waals surface area (Å²) in [5, 5.41) is 10.7. The van der Waals surface area contributed by atoms with Crippen molar-refractivity contribution in [3.05, 3.63) is 46.5 Å². The normalized spacial score (nSPS) is 14.1. The fourth-order valence-electron chi connectivity index (χ4n) is 3.78. The summed E-state index contributed by atoms with van der Waals surface area (Å²) < 4.78 is 49.9. The van der Waals surface area contributed by atoms with Crippen molar-refractivity contribution in [2.24, 2.45) is 11.8 Å². The smallest absolute Gasteiger partial charge is 0.346 e. The van der Waals surface area contributed by atoms with Gasteiger partial charge >= 0.3 is 5.97 Å². The summed E-state index contributed by atoms with van der Waals surface area (Å²) in [5.41, 5.74) is 0.500. The Morgan fingerprint density at radius 3 is 2.47 bits per heavy atom. The minimum Gasteiger partial charge on any atom is -0.495 e. The number of cyclic esters (lactones) is 1. The van der Waals surface area contributed by atoms with Gasteiger partial charge in [0.15, 0.2) is 11.5 Å². The summed E-state index contributed by atoms with van der Waals surface area (Å²) >= 11 is 0. The average Bonchev–Trinajstić information content (AvgIpc) is 2.76. The number of esters is 1. The van der Waals surface area contributed by atoms with E-state index in [0.717, 1.165) is 6.42 Å². The predicted octanol–water partition coefficient (Wildman–Crippen LogP) is 6.60. The molecule has 0 saturated heterocycles. The first-order valence-electron chi connectivity index (χ1n) is 11.4. The Hall–Kier alpha value is -2.87. The van der Waals surface area contributed by atoms with Crippen molar-refractivity contribution in [2.45, 2.75) is 59.7 Å². The third-order valence-corrected chi connectivity index (χ3v) is 5.54. The molecule has 1 aliphatic heterocycles. The van der Waals surface area contributed by atoms with Crippen LogP contribution in [0.25, 0.3) is 0 Å². The highest BCUT2D eigenvalue weighted by molar-refractivity contribution is 5.96. The van der Waals surface area contributed by atoms with Crippen molar-refractivity contribution in [1.29, 1.82) is 0 Å². The number of carbonyl (C=O) groups excluding carboxylic acids is 1. The molecule has 1 N–H and O–H groups in total. The molecule has 2 aromatic rings. The molecule has 1 atom stereocenters. The second-order valence-electron chi connectivity index (χ2n) is 9.22. The van der Waals surface area contributed by atoms with E-state index in [-0.39, 0.29) is 52.2 Å².